The number of esters is 1. The maximum absolute atomic E-state index is 12.0. The molecule has 124 valence electrons. The van der Waals surface area contributed by atoms with Crippen molar-refractivity contribution in [3.63, 3.8) is 0 Å². The number of carbonyl (C=O) groups is 1. The lowest BCUT2D eigenvalue weighted by molar-refractivity contribution is 0.0734. The Morgan fingerprint density at radius 1 is 1.04 bits per heavy atom. The topological polar surface area (TPSA) is 134 Å². The van der Waals surface area contributed by atoms with Crippen molar-refractivity contribution in [3.8, 4) is 5.75 Å². The van der Waals surface area contributed by atoms with Gasteiger partial charge in [0.25, 0.3) is 0 Å². The van der Waals surface area contributed by atoms with Crippen LogP contribution in [0.25, 0.3) is 6.08 Å². The first-order valence-corrected chi connectivity index (χ1v) is 8.44. The van der Waals surface area contributed by atoms with Gasteiger partial charge >= 0.3 is 13.6 Å². The van der Waals surface area contributed by atoms with E-state index in [1.807, 2.05) is 0 Å². The van der Waals surface area contributed by atoms with Crippen LogP contribution in [-0.4, -0.2) is 21.6 Å². The number of nitrogen functional groups attached to an aromatic ring is 1. The molecule has 2 rings (SSSR count). The van der Waals surface area contributed by atoms with Crippen LogP contribution in [0, 0.1) is 5.41 Å². The maximum atomic E-state index is 12.0. The second kappa shape index (κ2) is 7.23. The number of ether oxygens (including phenoxy) is 1. The Balaban J connectivity index is 2.06. The molecule has 0 heterocycles. The Hall–Kier alpha value is -2.73. The van der Waals surface area contributed by atoms with Crippen LogP contribution in [-0.2, 0) is 4.57 Å². The number of benzene rings is 2. The summed E-state index contributed by atoms with van der Waals surface area (Å²) in [5.41, 5.74) is 6.70. The van der Waals surface area contributed by atoms with E-state index in [0.29, 0.717) is 22.4 Å². The molecule has 0 atom stereocenters. The fraction of sp³-hybridized carbons (Fsp3) is 0. The van der Waals surface area contributed by atoms with Gasteiger partial charge in [-0.3, -0.25) is 9.97 Å². The molecule has 0 aliphatic rings. The minimum Gasteiger partial charge on any atom is -0.423 e. The lowest BCUT2D eigenvalue weighted by atomic mass is 10.1. The first-order valence-electron chi connectivity index (χ1n) is 6.76. The second-order valence-electron chi connectivity index (χ2n) is 4.85. The molecular formula is C16H15N2O5P. The van der Waals surface area contributed by atoms with Crippen molar-refractivity contribution in [2.45, 2.75) is 0 Å². The van der Waals surface area contributed by atoms with Crippen molar-refractivity contribution in [1.82, 2.24) is 0 Å². The molecule has 0 unspecified atom stereocenters. The van der Waals surface area contributed by atoms with Gasteiger partial charge in [-0.2, -0.15) is 0 Å². The molecule has 0 radical (unpaired) electrons. The van der Waals surface area contributed by atoms with E-state index in [0.717, 1.165) is 5.82 Å². The van der Waals surface area contributed by atoms with Crippen LogP contribution >= 0.6 is 7.60 Å². The molecule has 24 heavy (non-hydrogen) atoms. The third-order valence-electron chi connectivity index (χ3n) is 2.98. The highest BCUT2D eigenvalue weighted by molar-refractivity contribution is 7.55. The Kier molecular flexibility index (Phi) is 5.31. The molecule has 0 saturated carbocycles. The highest BCUT2D eigenvalue weighted by atomic mass is 31.2. The Bertz CT molecular complexity index is 823. The molecule has 8 heteroatoms. The van der Waals surface area contributed by atoms with Crippen molar-refractivity contribution in [2.24, 2.45) is 5.73 Å². The van der Waals surface area contributed by atoms with Crippen molar-refractivity contribution in [2.75, 3.05) is 0 Å². The molecule has 0 saturated heterocycles. The van der Waals surface area contributed by atoms with Gasteiger partial charge in [-0.15, -0.1) is 0 Å². The SMILES string of the molecule is N=C(N)c1ccc(OC(=O)c2ccc(/C=C/P(=O)(O)O)cc2)cc1. The van der Waals surface area contributed by atoms with Gasteiger partial charge in [0.1, 0.15) is 11.6 Å². The summed E-state index contributed by atoms with van der Waals surface area (Å²) >= 11 is 0. The van der Waals surface area contributed by atoms with Crippen LogP contribution < -0.4 is 10.5 Å². The number of amidine groups is 1. The average Bonchev–Trinajstić information content (AvgIpc) is 2.53. The summed E-state index contributed by atoms with van der Waals surface area (Å²) in [6.45, 7) is 0. The summed E-state index contributed by atoms with van der Waals surface area (Å²) in [5.74, 6) is 0.454. The summed E-state index contributed by atoms with van der Waals surface area (Å²) in [5, 5.41) is 7.29. The van der Waals surface area contributed by atoms with E-state index in [-0.39, 0.29) is 5.84 Å². The second-order valence-corrected chi connectivity index (χ2v) is 6.33. The molecule has 2 aromatic carbocycles. The minimum absolute atomic E-state index is 0.0770. The molecule has 0 aliphatic heterocycles. The van der Waals surface area contributed by atoms with Gasteiger partial charge < -0.3 is 20.3 Å². The average molecular weight is 346 g/mol. The van der Waals surface area contributed by atoms with Gasteiger partial charge in [0.2, 0.25) is 0 Å². The zero-order chi connectivity index (χ0) is 17.7. The fourth-order valence-electron chi connectivity index (χ4n) is 1.78. The smallest absolute Gasteiger partial charge is 0.349 e. The zero-order valence-corrected chi connectivity index (χ0v) is 13.3. The maximum Gasteiger partial charge on any atom is 0.349 e. The molecule has 0 bridgehead atoms. The van der Waals surface area contributed by atoms with E-state index in [1.165, 1.54) is 30.3 Å². The predicted octanol–water partition coefficient (Wildman–Crippen LogP) is 2.34. The molecular weight excluding hydrogens is 331 g/mol. The third-order valence-corrected chi connectivity index (χ3v) is 3.52. The molecule has 0 aromatic heterocycles. The van der Waals surface area contributed by atoms with Crippen molar-refractivity contribution < 1.29 is 23.9 Å². The van der Waals surface area contributed by atoms with Crippen molar-refractivity contribution >= 4 is 25.5 Å². The van der Waals surface area contributed by atoms with Gasteiger partial charge in [-0.05, 0) is 48.0 Å². The summed E-state index contributed by atoms with van der Waals surface area (Å²) in [6, 6.07) is 12.3. The molecule has 0 spiro atoms. The molecule has 7 nitrogen and oxygen atoms in total. The summed E-state index contributed by atoms with van der Waals surface area (Å²) in [7, 11) is -4.22. The monoisotopic (exact) mass is 346 g/mol. The van der Waals surface area contributed by atoms with Crippen molar-refractivity contribution in [3.05, 3.63) is 71.0 Å². The molecule has 0 aliphatic carbocycles. The van der Waals surface area contributed by atoms with E-state index in [9.17, 15) is 9.36 Å². The first kappa shape index (κ1) is 17.6. The van der Waals surface area contributed by atoms with Crippen LogP contribution in [0.4, 0.5) is 0 Å². The van der Waals surface area contributed by atoms with E-state index < -0.39 is 13.6 Å². The fourth-order valence-corrected chi connectivity index (χ4v) is 2.15. The van der Waals surface area contributed by atoms with E-state index in [4.69, 9.17) is 25.7 Å². The lowest BCUT2D eigenvalue weighted by Crippen LogP contribution is -2.11. The number of carbonyl (C=O) groups excluding carboxylic acids is 1. The highest BCUT2D eigenvalue weighted by Crippen LogP contribution is 2.36. The van der Waals surface area contributed by atoms with E-state index in [1.54, 1.807) is 24.3 Å². The molecule has 2 aromatic rings. The third kappa shape index (κ3) is 5.17. The van der Waals surface area contributed by atoms with E-state index in [2.05, 4.69) is 0 Å². The molecule has 0 fully saturated rings. The Labute approximate surface area is 138 Å². The first-order chi connectivity index (χ1) is 11.2. The summed E-state index contributed by atoms with van der Waals surface area (Å²) in [4.78, 5) is 29.6. The highest BCUT2D eigenvalue weighted by Gasteiger charge is 2.09. The molecule has 0 amide bonds. The van der Waals surface area contributed by atoms with Gasteiger partial charge in [0.05, 0.1) is 5.56 Å². The summed E-state index contributed by atoms with van der Waals surface area (Å²) in [6.07, 6.45) is 1.27. The minimum atomic E-state index is -4.22. The van der Waals surface area contributed by atoms with Crippen LogP contribution in [0.5, 0.6) is 5.75 Å². The van der Waals surface area contributed by atoms with Gasteiger partial charge in [-0.1, -0.05) is 12.1 Å². The standard InChI is InChI=1S/C16H15N2O5P/c17-15(18)12-5-7-14(8-6-12)23-16(19)13-3-1-11(2-4-13)9-10-24(20,21)22/h1-10H,(H3,17,18)(H2,20,21,22)/b10-9+. The summed E-state index contributed by atoms with van der Waals surface area (Å²) < 4.78 is 16.0. The number of nitrogens with one attached hydrogen (secondary N) is 1. The number of rotatable bonds is 5. The van der Waals surface area contributed by atoms with E-state index >= 15 is 0 Å². The largest absolute Gasteiger partial charge is 0.423 e. The number of nitrogens with two attached hydrogens (primary N) is 1. The quantitative estimate of drug-likeness (QED) is 0.216. The van der Waals surface area contributed by atoms with Crippen LogP contribution in [0.15, 0.2) is 54.3 Å². The normalized spacial score (nSPS) is 11.4. The van der Waals surface area contributed by atoms with Gasteiger partial charge in [0, 0.05) is 11.4 Å². The van der Waals surface area contributed by atoms with Crippen LogP contribution in [0.3, 0.4) is 0 Å². The lowest BCUT2D eigenvalue weighted by Gasteiger charge is -2.05. The molecule has 5 N–H and O–H groups in total. The number of hydrogen-bond donors (Lipinski definition) is 4. The van der Waals surface area contributed by atoms with Crippen LogP contribution in [0.2, 0.25) is 0 Å². The zero-order valence-electron chi connectivity index (χ0n) is 12.4. The Morgan fingerprint density at radius 3 is 2.08 bits per heavy atom. The number of hydrogen-bond acceptors (Lipinski definition) is 4. The Morgan fingerprint density at radius 2 is 1.58 bits per heavy atom. The van der Waals surface area contributed by atoms with Gasteiger partial charge in [0.15, 0.2) is 0 Å². The predicted molar refractivity (Wildman–Crippen MR) is 89.9 cm³/mol. The van der Waals surface area contributed by atoms with Crippen LogP contribution in [0.1, 0.15) is 21.5 Å². The van der Waals surface area contributed by atoms with Gasteiger partial charge in [-0.25, -0.2) is 4.79 Å². The van der Waals surface area contributed by atoms with Crippen molar-refractivity contribution in [1.29, 1.82) is 5.41 Å².